The van der Waals surface area contributed by atoms with E-state index in [0.717, 1.165) is 19.4 Å². The van der Waals surface area contributed by atoms with Crippen molar-refractivity contribution in [2.75, 3.05) is 13.7 Å². The van der Waals surface area contributed by atoms with Gasteiger partial charge in [0, 0.05) is 6.61 Å². The maximum Gasteiger partial charge on any atom is 0.0975 e. The minimum Gasteiger partial charge on any atom is -0.373 e. The van der Waals surface area contributed by atoms with Crippen LogP contribution in [0.4, 0.5) is 0 Å². The van der Waals surface area contributed by atoms with E-state index in [4.69, 9.17) is 11.2 Å². The van der Waals surface area contributed by atoms with Gasteiger partial charge in [-0.2, -0.15) is 0 Å². The number of hydrogen-bond acceptors (Lipinski definition) is 2. The predicted molar refractivity (Wildman–Crippen MR) is 45.3 cm³/mol. The lowest BCUT2D eigenvalue weighted by Crippen LogP contribution is -2.45. The van der Waals surface area contributed by atoms with E-state index in [9.17, 15) is 0 Å². The van der Waals surface area contributed by atoms with E-state index in [-0.39, 0.29) is 11.6 Å². The lowest BCUT2D eigenvalue weighted by Gasteiger charge is -2.29. The highest BCUT2D eigenvalue weighted by molar-refractivity contribution is 5.09. The highest BCUT2D eigenvalue weighted by atomic mass is 16.5. The third kappa shape index (κ3) is 1.55. The maximum atomic E-state index is 5.58. The van der Waals surface area contributed by atoms with Crippen molar-refractivity contribution in [3.8, 4) is 12.3 Å². The second-order valence-corrected chi connectivity index (χ2v) is 3.15. The molecule has 1 heterocycles. The van der Waals surface area contributed by atoms with Crippen molar-refractivity contribution in [2.24, 2.45) is 0 Å². The lowest BCUT2D eigenvalue weighted by molar-refractivity contribution is 0.00545. The van der Waals surface area contributed by atoms with Crippen LogP contribution in [0.3, 0.4) is 0 Å². The van der Waals surface area contributed by atoms with Gasteiger partial charge in [0.2, 0.25) is 0 Å². The van der Waals surface area contributed by atoms with E-state index < -0.39 is 0 Å². The SMILES string of the molecule is C#CC(NC)C1(C)CCCO1. The molecule has 0 bridgehead atoms. The summed E-state index contributed by atoms with van der Waals surface area (Å²) in [5.41, 5.74) is -0.135. The van der Waals surface area contributed by atoms with Crippen LogP contribution >= 0.6 is 0 Å². The molecule has 2 heteroatoms. The summed E-state index contributed by atoms with van der Waals surface area (Å²) in [7, 11) is 1.87. The molecule has 1 fully saturated rings. The highest BCUT2D eigenvalue weighted by Crippen LogP contribution is 2.27. The van der Waals surface area contributed by atoms with Crippen LogP contribution in [0.25, 0.3) is 0 Å². The summed E-state index contributed by atoms with van der Waals surface area (Å²) in [5, 5.41) is 3.07. The molecule has 0 saturated carbocycles. The molecule has 62 valence electrons. The molecule has 1 N–H and O–H groups in total. The summed E-state index contributed by atoms with van der Waals surface area (Å²) in [5.74, 6) is 2.70. The Morgan fingerprint density at radius 1 is 1.73 bits per heavy atom. The minimum absolute atomic E-state index is 0.0463. The number of terminal acetylenes is 1. The van der Waals surface area contributed by atoms with E-state index >= 15 is 0 Å². The fraction of sp³-hybridized carbons (Fsp3) is 0.778. The topological polar surface area (TPSA) is 21.3 Å². The van der Waals surface area contributed by atoms with Crippen LogP contribution in [0.1, 0.15) is 19.8 Å². The molecule has 1 aliphatic heterocycles. The van der Waals surface area contributed by atoms with Crippen LogP contribution in [0.5, 0.6) is 0 Å². The monoisotopic (exact) mass is 153 g/mol. The van der Waals surface area contributed by atoms with Crippen molar-refractivity contribution < 1.29 is 4.74 Å². The summed E-state index contributed by atoms with van der Waals surface area (Å²) >= 11 is 0. The summed E-state index contributed by atoms with van der Waals surface area (Å²) in [4.78, 5) is 0. The normalized spacial score (nSPS) is 33.2. The molecule has 0 amide bonds. The van der Waals surface area contributed by atoms with Crippen LogP contribution in [0, 0.1) is 12.3 Å². The van der Waals surface area contributed by atoms with E-state index in [0.29, 0.717) is 0 Å². The van der Waals surface area contributed by atoms with E-state index in [1.54, 1.807) is 0 Å². The fourth-order valence-electron chi connectivity index (χ4n) is 1.59. The van der Waals surface area contributed by atoms with Crippen LogP contribution < -0.4 is 5.32 Å². The zero-order valence-electron chi connectivity index (χ0n) is 7.18. The van der Waals surface area contributed by atoms with Gasteiger partial charge in [-0.3, -0.25) is 0 Å². The van der Waals surface area contributed by atoms with Gasteiger partial charge in [0.05, 0.1) is 11.6 Å². The largest absolute Gasteiger partial charge is 0.373 e. The number of ether oxygens (including phenoxy) is 1. The van der Waals surface area contributed by atoms with Gasteiger partial charge in [-0.15, -0.1) is 6.42 Å². The van der Waals surface area contributed by atoms with Gasteiger partial charge >= 0.3 is 0 Å². The van der Waals surface area contributed by atoms with Gasteiger partial charge < -0.3 is 10.1 Å². The zero-order chi connectivity index (χ0) is 8.32. The molecule has 0 aromatic carbocycles. The Labute approximate surface area is 68.3 Å². The van der Waals surface area contributed by atoms with E-state index in [1.807, 2.05) is 7.05 Å². The average Bonchev–Trinajstić information content (AvgIpc) is 2.39. The van der Waals surface area contributed by atoms with Gasteiger partial charge in [0.1, 0.15) is 0 Å². The molecule has 0 radical (unpaired) electrons. The Morgan fingerprint density at radius 2 is 2.45 bits per heavy atom. The molecule has 11 heavy (non-hydrogen) atoms. The van der Waals surface area contributed by atoms with Crippen molar-refractivity contribution in [2.45, 2.75) is 31.4 Å². The van der Waals surface area contributed by atoms with Crippen molar-refractivity contribution in [1.29, 1.82) is 0 Å². The fourth-order valence-corrected chi connectivity index (χ4v) is 1.59. The quantitative estimate of drug-likeness (QED) is 0.592. The average molecular weight is 153 g/mol. The minimum atomic E-state index is -0.135. The summed E-state index contributed by atoms with van der Waals surface area (Å²) in [6.45, 7) is 2.91. The first-order valence-electron chi connectivity index (χ1n) is 4.00. The smallest absolute Gasteiger partial charge is 0.0975 e. The second-order valence-electron chi connectivity index (χ2n) is 3.15. The van der Waals surface area contributed by atoms with Crippen molar-refractivity contribution in [3.05, 3.63) is 0 Å². The molecule has 0 spiro atoms. The highest BCUT2D eigenvalue weighted by Gasteiger charge is 2.36. The Bertz CT molecular complexity index is 165. The Morgan fingerprint density at radius 3 is 2.82 bits per heavy atom. The molecule has 1 saturated heterocycles. The molecule has 0 aromatic heterocycles. The van der Waals surface area contributed by atoms with Crippen LogP contribution in [0.15, 0.2) is 0 Å². The second kappa shape index (κ2) is 3.25. The number of rotatable bonds is 2. The molecule has 2 atom stereocenters. The molecule has 1 rings (SSSR count). The number of nitrogens with one attached hydrogen (secondary N) is 1. The molecular formula is C9H15NO. The maximum absolute atomic E-state index is 5.58. The van der Waals surface area contributed by atoms with Crippen LogP contribution in [-0.2, 0) is 4.74 Å². The Hall–Kier alpha value is -0.520. The van der Waals surface area contributed by atoms with Gasteiger partial charge in [-0.05, 0) is 26.8 Å². The molecule has 0 aliphatic carbocycles. The number of hydrogen-bond donors (Lipinski definition) is 1. The summed E-state index contributed by atoms with van der Waals surface area (Å²) < 4.78 is 5.58. The van der Waals surface area contributed by atoms with Gasteiger partial charge in [-0.1, -0.05) is 5.92 Å². The van der Waals surface area contributed by atoms with Crippen LogP contribution in [-0.4, -0.2) is 25.3 Å². The van der Waals surface area contributed by atoms with Crippen LogP contribution in [0.2, 0.25) is 0 Å². The first kappa shape index (κ1) is 8.58. The third-order valence-corrected chi connectivity index (χ3v) is 2.32. The summed E-state index contributed by atoms with van der Waals surface area (Å²) in [6.07, 6.45) is 7.54. The molecule has 0 aromatic rings. The predicted octanol–water partition coefficient (Wildman–Crippen LogP) is 0.777. The number of likely N-dealkylation sites (N-methyl/N-ethyl adjacent to an activating group) is 1. The molecule has 1 aliphatic rings. The first-order chi connectivity index (χ1) is 5.23. The van der Waals surface area contributed by atoms with Gasteiger partial charge in [0.25, 0.3) is 0 Å². The zero-order valence-corrected chi connectivity index (χ0v) is 7.18. The van der Waals surface area contributed by atoms with Gasteiger partial charge in [0.15, 0.2) is 0 Å². The summed E-state index contributed by atoms with van der Waals surface area (Å²) in [6, 6.07) is 0.0463. The first-order valence-corrected chi connectivity index (χ1v) is 4.00. The van der Waals surface area contributed by atoms with Gasteiger partial charge in [-0.25, -0.2) is 0 Å². The Kier molecular flexibility index (Phi) is 2.53. The van der Waals surface area contributed by atoms with E-state index in [2.05, 4.69) is 18.2 Å². The lowest BCUT2D eigenvalue weighted by atomic mass is 9.94. The van der Waals surface area contributed by atoms with E-state index in [1.165, 1.54) is 0 Å². The Balaban J connectivity index is 2.62. The van der Waals surface area contributed by atoms with Crippen molar-refractivity contribution in [3.63, 3.8) is 0 Å². The standard InChI is InChI=1S/C9H15NO/c1-4-8(10-3)9(2)6-5-7-11-9/h1,8,10H,5-7H2,2-3H3. The molecular weight excluding hydrogens is 138 g/mol. The molecule has 2 unspecified atom stereocenters. The molecule has 2 nitrogen and oxygen atoms in total. The van der Waals surface area contributed by atoms with Crippen molar-refractivity contribution in [1.82, 2.24) is 5.32 Å². The van der Waals surface area contributed by atoms with Crippen molar-refractivity contribution >= 4 is 0 Å². The third-order valence-electron chi connectivity index (χ3n) is 2.32.